The van der Waals surface area contributed by atoms with E-state index < -0.39 is 0 Å². The molecule has 3 aromatic rings. The van der Waals surface area contributed by atoms with Crippen molar-refractivity contribution in [2.45, 2.75) is 39.3 Å². The van der Waals surface area contributed by atoms with Gasteiger partial charge in [-0.3, -0.25) is 9.69 Å². The van der Waals surface area contributed by atoms with Crippen molar-refractivity contribution in [2.24, 2.45) is 0 Å². The quantitative estimate of drug-likeness (QED) is 0.613. The highest BCUT2D eigenvalue weighted by Gasteiger charge is 2.31. The number of imidazole rings is 1. The lowest BCUT2D eigenvalue weighted by atomic mass is 10.2. The van der Waals surface area contributed by atoms with Crippen molar-refractivity contribution < 1.29 is 4.79 Å². The highest BCUT2D eigenvalue weighted by molar-refractivity contribution is 9.10. The smallest absolute Gasteiger partial charge is 0.238 e. The van der Waals surface area contributed by atoms with Crippen molar-refractivity contribution in [3.8, 4) is 0 Å². The van der Waals surface area contributed by atoms with Gasteiger partial charge in [0.2, 0.25) is 5.91 Å². The van der Waals surface area contributed by atoms with Crippen LogP contribution in [0.4, 0.5) is 5.69 Å². The molecule has 2 heterocycles. The minimum absolute atomic E-state index is 0.00983. The molecule has 1 aromatic heterocycles. The molecule has 4 rings (SSSR count). The summed E-state index contributed by atoms with van der Waals surface area (Å²) < 4.78 is 3.19. The van der Waals surface area contributed by atoms with Gasteiger partial charge in [-0.15, -0.1) is 0 Å². The molecule has 28 heavy (non-hydrogen) atoms. The van der Waals surface area contributed by atoms with E-state index >= 15 is 0 Å². The Bertz CT molecular complexity index is 1010. The highest BCUT2D eigenvalue weighted by atomic mass is 79.9. The zero-order valence-corrected chi connectivity index (χ0v) is 17.9. The van der Waals surface area contributed by atoms with E-state index in [0.29, 0.717) is 6.54 Å². The van der Waals surface area contributed by atoms with Crippen molar-refractivity contribution in [1.29, 1.82) is 0 Å². The fourth-order valence-corrected chi connectivity index (χ4v) is 4.68. The van der Waals surface area contributed by atoms with Gasteiger partial charge < -0.3 is 9.88 Å². The molecule has 6 heteroatoms. The number of rotatable bonds is 5. The molecule has 5 nitrogen and oxygen atoms in total. The number of nitrogens with one attached hydrogen (secondary N) is 1. The topological polar surface area (TPSA) is 50.2 Å². The molecule has 0 saturated carbocycles. The van der Waals surface area contributed by atoms with E-state index in [0.717, 1.165) is 53.0 Å². The summed E-state index contributed by atoms with van der Waals surface area (Å²) in [6.07, 6.45) is 2.12. The zero-order valence-electron chi connectivity index (χ0n) is 16.3. The average molecular weight is 441 g/mol. The summed E-state index contributed by atoms with van der Waals surface area (Å²) in [5.74, 6) is 1.08. The lowest BCUT2D eigenvalue weighted by Crippen LogP contribution is -2.34. The number of carbonyl (C=O) groups excluding carboxylic acids is 1. The molecule has 1 amide bonds. The van der Waals surface area contributed by atoms with Gasteiger partial charge in [-0.25, -0.2) is 4.98 Å². The van der Waals surface area contributed by atoms with Crippen molar-refractivity contribution in [3.63, 3.8) is 0 Å². The van der Waals surface area contributed by atoms with Gasteiger partial charge in [-0.2, -0.15) is 0 Å². The molecule has 0 bridgehead atoms. The number of aromatic nitrogens is 2. The molecular formula is C22H25BrN4O. The highest BCUT2D eigenvalue weighted by Crippen LogP contribution is 2.33. The number of hydrogen-bond acceptors (Lipinski definition) is 3. The average Bonchev–Trinajstić information content (AvgIpc) is 3.27. The maximum absolute atomic E-state index is 12.7. The van der Waals surface area contributed by atoms with Crippen LogP contribution in [-0.2, 0) is 11.3 Å². The fraction of sp³-hybridized carbons (Fsp3) is 0.364. The normalized spacial score (nSPS) is 17.3. The number of fused-ring (bicyclic) bond motifs is 1. The predicted molar refractivity (Wildman–Crippen MR) is 116 cm³/mol. The number of amides is 1. The van der Waals surface area contributed by atoms with Crippen LogP contribution in [0.3, 0.4) is 0 Å². The molecule has 0 unspecified atom stereocenters. The molecule has 1 fully saturated rings. The summed E-state index contributed by atoms with van der Waals surface area (Å²) in [6, 6.07) is 14.4. The fourth-order valence-electron chi connectivity index (χ4n) is 4.08. The van der Waals surface area contributed by atoms with Gasteiger partial charge in [0.05, 0.1) is 29.3 Å². The van der Waals surface area contributed by atoms with E-state index in [4.69, 9.17) is 4.98 Å². The Kier molecular flexibility index (Phi) is 5.51. The standard InChI is InChI=1S/C22H25BrN4O/c1-3-27-19-8-5-4-7-18(19)25-22(27)20-9-6-12-26(20)14-21(28)24-17-11-10-15(2)13-16(17)23/h4-5,7-8,10-11,13,20H,3,6,9,12,14H2,1-2H3,(H,24,28)/t20-/m1/s1. The van der Waals surface area contributed by atoms with E-state index in [1.54, 1.807) is 0 Å². The lowest BCUT2D eigenvalue weighted by Gasteiger charge is -2.24. The largest absolute Gasteiger partial charge is 0.327 e. The zero-order chi connectivity index (χ0) is 19.7. The van der Waals surface area contributed by atoms with Crippen LogP contribution >= 0.6 is 15.9 Å². The number of benzene rings is 2. The number of likely N-dealkylation sites (tertiary alicyclic amines) is 1. The van der Waals surface area contributed by atoms with E-state index in [9.17, 15) is 4.79 Å². The molecule has 1 N–H and O–H groups in total. The molecule has 1 atom stereocenters. The monoisotopic (exact) mass is 440 g/mol. The molecule has 0 spiro atoms. The second-order valence-corrected chi connectivity index (χ2v) is 8.22. The minimum atomic E-state index is 0.00983. The summed E-state index contributed by atoms with van der Waals surface area (Å²) in [4.78, 5) is 19.9. The third kappa shape index (κ3) is 3.71. The van der Waals surface area contributed by atoms with Crippen molar-refractivity contribution in [1.82, 2.24) is 14.5 Å². The second-order valence-electron chi connectivity index (χ2n) is 7.36. The molecule has 0 aliphatic carbocycles. The molecule has 1 saturated heterocycles. The first kappa shape index (κ1) is 19.2. The Hall–Kier alpha value is -2.18. The van der Waals surface area contributed by atoms with Crippen LogP contribution in [0.1, 0.15) is 37.2 Å². The van der Waals surface area contributed by atoms with E-state index in [2.05, 4.69) is 55.8 Å². The molecule has 1 aliphatic rings. The van der Waals surface area contributed by atoms with E-state index in [1.807, 2.05) is 31.2 Å². The van der Waals surface area contributed by atoms with Crippen LogP contribution in [0.25, 0.3) is 11.0 Å². The first-order valence-electron chi connectivity index (χ1n) is 9.82. The third-order valence-corrected chi connectivity index (χ3v) is 6.06. The summed E-state index contributed by atoms with van der Waals surface area (Å²) >= 11 is 3.53. The van der Waals surface area contributed by atoms with Crippen LogP contribution < -0.4 is 5.32 Å². The lowest BCUT2D eigenvalue weighted by molar-refractivity contribution is -0.117. The molecule has 2 aromatic carbocycles. The Labute approximate surface area is 173 Å². The number of nitrogens with zero attached hydrogens (tertiary/aromatic N) is 3. The van der Waals surface area contributed by atoms with Crippen LogP contribution in [0, 0.1) is 6.92 Å². The van der Waals surface area contributed by atoms with Gasteiger partial charge in [-0.05, 0) is 79.0 Å². The van der Waals surface area contributed by atoms with E-state index in [1.165, 1.54) is 5.52 Å². The van der Waals surface area contributed by atoms with E-state index in [-0.39, 0.29) is 11.9 Å². The van der Waals surface area contributed by atoms with Gasteiger partial charge in [-0.1, -0.05) is 18.2 Å². The summed E-state index contributed by atoms with van der Waals surface area (Å²) in [5, 5.41) is 3.04. The van der Waals surface area contributed by atoms with Gasteiger partial charge in [0.25, 0.3) is 0 Å². The minimum Gasteiger partial charge on any atom is -0.327 e. The van der Waals surface area contributed by atoms with Gasteiger partial charge >= 0.3 is 0 Å². The number of aryl methyl sites for hydroxylation is 2. The second kappa shape index (κ2) is 8.05. The van der Waals surface area contributed by atoms with Crippen molar-refractivity contribution in [2.75, 3.05) is 18.4 Å². The van der Waals surface area contributed by atoms with Gasteiger partial charge in [0.1, 0.15) is 5.82 Å². The summed E-state index contributed by atoms with van der Waals surface area (Å²) in [5.41, 5.74) is 4.16. The molecule has 146 valence electrons. The summed E-state index contributed by atoms with van der Waals surface area (Å²) in [7, 11) is 0. The predicted octanol–water partition coefficient (Wildman–Crippen LogP) is 4.90. The third-order valence-electron chi connectivity index (χ3n) is 5.41. The Morgan fingerprint density at radius 2 is 2.11 bits per heavy atom. The van der Waals surface area contributed by atoms with Crippen molar-refractivity contribution >= 4 is 38.6 Å². The SMILES string of the molecule is CCn1c([C@H]2CCCN2CC(=O)Nc2ccc(C)cc2Br)nc2ccccc21. The molecule has 1 aliphatic heterocycles. The maximum atomic E-state index is 12.7. The van der Waals surface area contributed by atoms with Crippen LogP contribution in [0.2, 0.25) is 0 Å². The number of carbonyl (C=O) groups is 1. The molecular weight excluding hydrogens is 416 g/mol. The van der Waals surface area contributed by atoms with Crippen LogP contribution in [0.15, 0.2) is 46.9 Å². The summed E-state index contributed by atoms with van der Waals surface area (Å²) in [6.45, 7) is 6.35. The Morgan fingerprint density at radius 3 is 2.89 bits per heavy atom. The first-order valence-corrected chi connectivity index (χ1v) is 10.6. The number of hydrogen-bond donors (Lipinski definition) is 1. The number of halogens is 1. The number of para-hydroxylation sites is 2. The van der Waals surface area contributed by atoms with Gasteiger partial charge in [0.15, 0.2) is 0 Å². The van der Waals surface area contributed by atoms with Crippen LogP contribution in [0.5, 0.6) is 0 Å². The first-order chi connectivity index (χ1) is 13.6. The Balaban J connectivity index is 1.53. The maximum Gasteiger partial charge on any atom is 0.238 e. The number of anilines is 1. The Morgan fingerprint density at radius 1 is 1.29 bits per heavy atom. The molecule has 0 radical (unpaired) electrons. The van der Waals surface area contributed by atoms with Crippen molar-refractivity contribution in [3.05, 3.63) is 58.3 Å². The van der Waals surface area contributed by atoms with Gasteiger partial charge in [0, 0.05) is 11.0 Å². The van der Waals surface area contributed by atoms with Crippen LogP contribution in [-0.4, -0.2) is 33.4 Å².